The number of nitrogens with zero attached hydrogens (tertiary/aromatic N) is 2. The first-order valence-corrected chi connectivity index (χ1v) is 11.6. The first-order valence-electron chi connectivity index (χ1n) is 9.91. The topological polar surface area (TPSA) is 108 Å². The molecule has 2 aromatic rings. The molecule has 0 spiro atoms. The summed E-state index contributed by atoms with van der Waals surface area (Å²) in [6, 6.07) is 13.7. The predicted octanol–water partition coefficient (Wildman–Crippen LogP) is 4.13. The third kappa shape index (κ3) is 6.54. The fourth-order valence-electron chi connectivity index (χ4n) is 3.21. The van der Waals surface area contributed by atoms with Gasteiger partial charge in [0.25, 0.3) is 5.69 Å². The molecule has 0 amide bonds. The van der Waals surface area contributed by atoms with E-state index in [9.17, 15) is 19.5 Å². The number of carbonyl (C=O) groups is 1. The molecule has 31 heavy (non-hydrogen) atoms. The number of ether oxygens (including phenoxy) is 1. The Morgan fingerprint density at radius 3 is 2.32 bits per heavy atom. The van der Waals surface area contributed by atoms with Crippen LogP contribution in [-0.2, 0) is 14.1 Å². The molecule has 0 saturated carbocycles. The average Bonchev–Trinajstić information content (AvgIpc) is 3.13. The smallest absolute Gasteiger partial charge is 0.431 e. The average molecular weight is 448 g/mol. The quantitative estimate of drug-likeness (QED) is 0.244. The van der Waals surface area contributed by atoms with E-state index in [1.54, 1.807) is 37.3 Å². The van der Waals surface area contributed by atoms with Gasteiger partial charge in [-0.1, -0.05) is 25.1 Å². The molecule has 0 bridgehead atoms. The summed E-state index contributed by atoms with van der Waals surface area (Å²) >= 11 is 0. The second-order valence-corrected chi connectivity index (χ2v) is 9.50. The summed E-state index contributed by atoms with van der Waals surface area (Å²) in [6.07, 6.45) is 0.358. The largest absolute Gasteiger partial charge is 0.461 e. The normalized spacial score (nSPS) is 19.2. The van der Waals surface area contributed by atoms with Crippen molar-refractivity contribution in [1.29, 1.82) is 0 Å². The molecule has 3 rings (SSSR count). The Morgan fingerprint density at radius 1 is 1.16 bits per heavy atom. The summed E-state index contributed by atoms with van der Waals surface area (Å²) in [7, 11) is -1.89. The molecule has 1 aliphatic rings. The van der Waals surface area contributed by atoms with Crippen LogP contribution in [0.4, 0.5) is 5.69 Å². The number of nitro benzene ring substituents is 1. The number of rotatable bonds is 9. The maximum absolute atomic E-state index is 13.6. The Hall–Kier alpha value is -2.90. The van der Waals surface area contributed by atoms with Crippen LogP contribution in [0.25, 0.3) is 0 Å². The molecule has 10 heteroatoms. The van der Waals surface area contributed by atoms with Gasteiger partial charge in [-0.05, 0) is 37.7 Å². The monoisotopic (exact) mass is 448 g/mol. The molecule has 2 aromatic carbocycles. The van der Waals surface area contributed by atoms with Crippen molar-refractivity contribution >= 4 is 19.3 Å². The van der Waals surface area contributed by atoms with E-state index in [0.29, 0.717) is 12.3 Å². The lowest BCUT2D eigenvalue weighted by atomic mass is 10.2. The van der Waals surface area contributed by atoms with Crippen LogP contribution in [-0.4, -0.2) is 48.2 Å². The van der Waals surface area contributed by atoms with Crippen LogP contribution in [0.2, 0.25) is 0 Å². The van der Waals surface area contributed by atoms with Crippen molar-refractivity contribution in [2.75, 3.05) is 26.3 Å². The summed E-state index contributed by atoms with van der Waals surface area (Å²) in [5, 5.41) is 10.9. The van der Waals surface area contributed by atoms with Crippen LogP contribution >= 0.6 is 7.60 Å². The summed E-state index contributed by atoms with van der Waals surface area (Å²) < 4.78 is 30.4. The van der Waals surface area contributed by atoms with Crippen LogP contribution in [0, 0.1) is 16.0 Å². The third-order valence-electron chi connectivity index (χ3n) is 4.81. The van der Waals surface area contributed by atoms with E-state index < -0.39 is 24.4 Å². The second kappa shape index (κ2) is 9.94. The van der Waals surface area contributed by atoms with E-state index in [-0.39, 0.29) is 23.7 Å². The van der Waals surface area contributed by atoms with E-state index in [1.165, 1.54) is 24.3 Å². The fraction of sp³-hybridized carbons (Fsp3) is 0.381. The lowest BCUT2D eigenvalue weighted by Gasteiger charge is -2.23. The summed E-state index contributed by atoms with van der Waals surface area (Å²) in [4.78, 5) is 24.9. The van der Waals surface area contributed by atoms with Crippen molar-refractivity contribution in [3.8, 4) is 11.5 Å². The number of non-ortho nitro benzene ring substituents is 1. The predicted molar refractivity (Wildman–Crippen MR) is 114 cm³/mol. The molecule has 1 fully saturated rings. The molecule has 0 radical (unpaired) electrons. The van der Waals surface area contributed by atoms with Crippen molar-refractivity contribution in [2.45, 2.75) is 19.4 Å². The van der Waals surface area contributed by atoms with Crippen LogP contribution < -0.4 is 9.05 Å². The number of likely N-dealkylation sites (tertiary alicyclic amines) is 1. The van der Waals surface area contributed by atoms with Crippen LogP contribution in [0.1, 0.15) is 13.3 Å². The fourth-order valence-corrected chi connectivity index (χ4v) is 5.10. The number of nitro groups is 1. The molecule has 166 valence electrons. The van der Waals surface area contributed by atoms with Crippen molar-refractivity contribution in [3.63, 3.8) is 0 Å². The molecule has 1 heterocycles. The van der Waals surface area contributed by atoms with Gasteiger partial charge in [0.1, 0.15) is 17.6 Å². The van der Waals surface area contributed by atoms with Gasteiger partial charge in [0.05, 0.1) is 17.0 Å². The Kier molecular flexibility index (Phi) is 7.30. The van der Waals surface area contributed by atoms with E-state index in [0.717, 1.165) is 13.0 Å². The van der Waals surface area contributed by atoms with Crippen molar-refractivity contribution in [2.24, 2.45) is 5.92 Å². The highest BCUT2D eigenvalue weighted by atomic mass is 31.2. The van der Waals surface area contributed by atoms with Gasteiger partial charge in [-0.25, -0.2) is 4.57 Å². The molecular formula is C21H25N2O7P. The number of para-hydroxylation sites is 1. The molecular weight excluding hydrogens is 423 g/mol. The zero-order valence-corrected chi connectivity index (χ0v) is 18.3. The highest BCUT2D eigenvalue weighted by Crippen LogP contribution is 2.50. The second-order valence-electron chi connectivity index (χ2n) is 7.55. The molecule has 0 aromatic heterocycles. The molecule has 0 aliphatic carbocycles. The number of hydrogen-bond donors (Lipinski definition) is 0. The molecule has 0 N–H and O–H groups in total. The van der Waals surface area contributed by atoms with Gasteiger partial charge in [-0.15, -0.1) is 0 Å². The van der Waals surface area contributed by atoms with Crippen LogP contribution in [0.15, 0.2) is 54.6 Å². The van der Waals surface area contributed by atoms with Gasteiger partial charge < -0.3 is 18.7 Å². The number of hydrogen-bond acceptors (Lipinski definition) is 8. The molecule has 9 nitrogen and oxygen atoms in total. The Bertz CT molecular complexity index is 952. The van der Waals surface area contributed by atoms with E-state index in [4.69, 9.17) is 13.8 Å². The zero-order chi connectivity index (χ0) is 22.4. The highest BCUT2D eigenvalue weighted by molar-refractivity contribution is 7.54. The Morgan fingerprint density at radius 2 is 1.77 bits per heavy atom. The Labute approximate surface area is 180 Å². The number of benzene rings is 2. The maximum Gasteiger partial charge on any atom is 0.431 e. The first-order chi connectivity index (χ1) is 14.7. The molecule has 1 aliphatic heterocycles. The van der Waals surface area contributed by atoms with Gasteiger partial charge in [-0.3, -0.25) is 14.9 Å². The van der Waals surface area contributed by atoms with E-state index in [2.05, 4.69) is 4.90 Å². The van der Waals surface area contributed by atoms with Crippen LogP contribution in [0.5, 0.6) is 11.5 Å². The molecule has 1 saturated heterocycles. The first kappa shape index (κ1) is 22.8. The van der Waals surface area contributed by atoms with Crippen molar-refractivity contribution < 1.29 is 28.1 Å². The Balaban J connectivity index is 1.74. The third-order valence-corrected chi connectivity index (χ3v) is 6.78. The summed E-state index contributed by atoms with van der Waals surface area (Å²) in [5.74, 6) is -0.739. The van der Waals surface area contributed by atoms with E-state index >= 15 is 0 Å². The van der Waals surface area contributed by atoms with Gasteiger partial charge in [0.15, 0.2) is 0 Å². The zero-order valence-electron chi connectivity index (χ0n) is 17.4. The highest BCUT2D eigenvalue weighted by Gasteiger charge is 2.35. The number of esters is 1. The summed E-state index contributed by atoms with van der Waals surface area (Å²) in [6.45, 7) is 3.13. The number of carbonyl (C=O) groups excluding carboxylic acids is 1. The minimum Gasteiger partial charge on any atom is -0.461 e. The van der Waals surface area contributed by atoms with Gasteiger partial charge in [-0.2, -0.15) is 0 Å². The van der Waals surface area contributed by atoms with Gasteiger partial charge in [0.2, 0.25) is 0 Å². The SMILES string of the molecule is C[C@H](CP(=O)(Oc1ccccc1)Oc1ccc([N+](=O)[O-])cc1)C(=O)O[C@H]1CCN(C)C1. The summed E-state index contributed by atoms with van der Waals surface area (Å²) in [5.41, 5.74) is -0.121. The maximum atomic E-state index is 13.6. The van der Waals surface area contributed by atoms with E-state index in [1.807, 2.05) is 7.05 Å². The van der Waals surface area contributed by atoms with Gasteiger partial charge in [0, 0.05) is 25.2 Å². The molecule has 3 atom stereocenters. The number of likely N-dealkylation sites (N-methyl/N-ethyl adjacent to an activating group) is 1. The lowest BCUT2D eigenvalue weighted by molar-refractivity contribution is -0.384. The molecule has 1 unspecified atom stereocenters. The van der Waals surface area contributed by atoms with Crippen LogP contribution in [0.3, 0.4) is 0 Å². The van der Waals surface area contributed by atoms with Crippen molar-refractivity contribution in [3.05, 3.63) is 64.7 Å². The standard InChI is InChI=1S/C21H25N2O7P/c1-16(21(24)28-20-12-13-22(2)14-20)15-31(27,29-18-6-4-3-5-7-18)30-19-10-8-17(9-11-19)23(25)26/h3-11,16,20H,12-15H2,1-2H3/t16-,20+,31?/m1/s1. The van der Waals surface area contributed by atoms with Crippen molar-refractivity contribution in [1.82, 2.24) is 4.90 Å². The lowest BCUT2D eigenvalue weighted by Crippen LogP contribution is -2.27. The minimum atomic E-state index is -3.85. The minimum absolute atomic E-state index is 0.121. The van der Waals surface area contributed by atoms with Gasteiger partial charge >= 0.3 is 13.6 Å².